The number of carbonyl (C=O) groups excluding carboxylic acids is 1. The molecule has 3 heterocycles. The fourth-order valence-electron chi connectivity index (χ4n) is 2.95. The van der Waals surface area contributed by atoms with Crippen LogP contribution in [0.2, 0.25) is 0 Å². The molecule has 1 aliphatic heterocycles. The van der Waals surface area contributed by atoms with E-state index in [1.165, 1.54) is 28.9 Å². The van der Waals surface area contributed by atoms with Gasteiger partial charge in [0, 0.05) is 30.0 Å². The number of hydrogen-bond donors (Lipinski definition) is 1. The molecule has 0 unspecified atom stereocenters. The van der Waals surface area contributed by atoms with E-state index in [1.807, 2.05) is 4.90 Å². The summed E-state index contributed by atoms with van der Waals surface area (Å²) in [4.78, 5) is 31.2. The first-order valence-electron chi connectivity index (χ1n) is 8.55. The lowest BCUT2D eigenvalue weighted by molar-refractivity contribution is -0.117. The van der Waals surface area contributed by atoms with Crippen molar-refractivity contribution in [3.63, 3.8) is 0 Å². The van der Waals surface area contributed by atoms with E-state index in [0.717, 1.165) is 4.68 Å². The summed E-state index contributed by atoms with van der Waals surface area (Å²) in [5.74, 6) is -0.586. The third-order valence-electron chi connectivity index (χ3n) is 4.29. The zero-order valence-corrected chi connectivity index (χ0v) is 16.2. The van der Waals surface area contributed by atoms with Crippen LogP contribution in [0.1, 0.15) is 0 Å². The van der Waals surface area contributed by atoms with Gasteiger partial charge in [-0.15, -0.1) is 5.10 Å². The first-order chi connectivity index (χ1) is 13.5. The summed E-state index contributed by atoms with van der Waals surface area (Å²) in [6, 6.07) is 4.28. The van der Waals surface area contributed by atoms with Crippen molar-refractivity contribution in [3.05, 3.63) is 51.4 Å². The zero-order chi connectivity index (χ0) is 19.7. The quantitative estimate of drug-likeness (QED) is 0.643. The molecule has 1 aromatic carbocycles. The van der Waals surface area contributed by atoms with Gasteiger partial charge in [0.2, 0.25) is 11.6 Å². The number of ether oxygens (including phenoxy) is 1. The predicted octanol–water partition coefficient (Wildman–Crippen LogP) is 1.27. The number of fused-ring (bicyclic) bond motifs is 1. The van der Waals surface area contributed by atoms with E-state index in [4.69, 9.17) is 4.74 Å². The molecule has 1 fully saturated rings. The number of nitrogens with one attached hydrogen (secondary N) is 1. The van der Waals surface area contributed by atoms with Crippen molar-refractivity contribution in [1.29, 1.82) is 0 Å². The molecule has 3 aromatic rings. The topological polar surface area (TPSA) is 93.8 Å². The Hall–Kier alpha value is -2.79. The lowest BCUT2D eigenvalue weighted by atomic mass is 10.3. The number of amides is 1. The summed E-state index contributed by atoms with van der Waals surface area (Å²) < 4.78 is 22.2. The number of benzene rings is 1. The van der Waals surface area contributed by atoms with Crippen molar-refractivity contribution in [3.8, 4) is 0 Å². The molecule has 1 N–H and O–H groups in total. The van der Waals surface area contributed by atoms with Crippen molar-refractivity contribution in [2.45, 2.75) is 6.54 Å². The maximum Gasteiger partial charge on any atom is 0.350 e. The molecule has 1 aliphatic rings. The normalized spacial score (nSPS) is 14.4. The lowest BCUT2D eigenvalue weighted by Crippen LogP contribution is -2.37. The maximum atomic E-state index is 13.9. The number of carbonyl (C=O) groups is 1. The van der Waals surface area contributed by atoms with Crippen molar-refractivity contribution in [1.82, 2.24) is 19.2 Å². The van der Waals surface area contributed by atoms with E-state index in [2.05, 4.69) is 31.3 Å². The predicted molar refractivity (Wildman–Crippen MR) is 103 cm³/mol. The van der Waals surface area contributed by atoms with Crippen LogP contribution in [0.15, 0.2) is 39.9 Å². The van der Waals surface area contributed by atoms with E-state index < -0.39 is 17.4 Å². The zero-order valence-electron chi connectivity index (χ0n) is 14.6. The Kier molecular flexibility index (Phi) is 5.09. The average molecular weight is 451 g/mol. The van der Waals surface area contributed by atoms with Crippen LogP contribution in [0.5, 0.6) is 0 Å². The fraction of sp³-hybridized carbons (Fsp3) is 0.294. The Bertz CT molecular complexity index is 1090. The number of rotatable bonds is 4. The Balaban J connectivity index is 1.59. The van der Waals surface area contributed by atoms with Gasteiger partial charge >= 0.3 is 5.69 Å². The highest BCUT2D eigenvalue weighted by Gasteiger charge is 2.20. The second-order valence-electron chi connectivity index (χ2n) is 6.16. The molecular formula is C17H16BrFN6O3. The van der Waals surface area contributed by atoms with Gasteiger partial charge in [-0.3, -0.25) is 4.79 Å². The molecular weight excluding hydrogens is 435 g/mol. The smallest absolute Gasteiger partial charge is 0.350 e. The minimum Gasteiger partial charge on any atom is -0.378 e. The molecule has 4 rings (SSSR count). The SMILES string of the molecule is O=C(Cn1nc2c(N3CCOCC3)nccn2c1=O)Nc1ccc(Br)cc1F. The average Bonchev–Trinajstić information content (AvgIpc) is 3.00. The van der Waals surface area contributed by atoms with Crippen molar-refractivity contribution in [2.24, 2.45) is 0 Å². The van der Waals surface area contributed by atoms with E-state index in [-0.39, 0.29) is 12.2 Å². The van der Waals surface area contributed by atoms with E-state index in [9.17, 15) is 14.0 Å². The maximum absolute atomic E-state index is 13.9. The fourth-order valence-corrected chi connectivity index (χ4v) is 3.29. The Morgan fingerprint density at radius 2 is 2.11 bits per heavy atom. The number of anilines is 2. The summed E-state index contributed by atoms with van der Waals surface area (Å²) >= 11 is 3.16. The van der Waals surface area contributed by atoms with Crippen molar-refractivity contribution >= 4 is 39.0 Å². The Morgan fingerprint density at radius 1 is 1.32 bits per heavy atom. The minimum absolute atomic E-state index is 0.0284. The second kappa shape index (κ2) is 7.68. The van der Waals surface area contributed by atoms with Gasteiger partial charge in [-0.05, 0) is 18.2 Å². The van der Waals surface area contributed by atoms with Crippen LogP contribution >= 0.6 is 15.9 Å². The van der Waals surface area contributed by atoms with Gasteiger partial charge in [-0.2, -0.15) is 0 Å². The molecule has 1 amide bonds. The summed E-state index contributed by atoms with van der Waals surface area (Å²) in [6.07, 6.45) is 3.01. The van der Waals surface area contributed by atoms with E-state index in [0.29, 0.717) is 42.2 Å². The van der Waals surface area contributed by atoms with Gasteiger partial charge in [-0.1, -0.05) is 15.9 Å². The molecule has 0 saturated carbocycles. The third-order valence-corrected chi connectivity index (χ3v) is 4.79. The Labute approximate surface area is 166 Å². The molecule has 0 aliphatic carbocycles. The van der Waals surface area contributed by atoms with E-state index >= 15 is 0 Å². The number of hydrogen-bond acceptors (Lipinski definition) is 6. The standard InChI is InChI=1S/C17H16BrFN6O3/c18-11-1-2-13(12(19)9-11)21-14(26)10-25-17(27)24-4-3-20-15(16(24)22-25)23-5-7-28-8-6-23/h1-4,9H,5-8,10H2,(H,21,26). The molecule has 146 valence electrons. The molecule has 0 radical (unpaired) electrons. The molecule has 0 spiro atoms. The first kappa shape index (κ1) is 18.6. The van der Waals surface area contributed by atoms with Crippen LogP contribution in [0.3, 0.4) is 0 Å². The number of halogens is 2. The molecule has 11 heteroatoms. The molecule has 9 nitrogen and oxygen atoms in total. The number of aromatic nitrogens is 4. The highest BCUT2D eigenvalue weighted by Crippen LogP contribution is 2.19. The van der Waals surface area contributed by atoms with Crippen LogP contribution in [0, 0.1) is 5.82 Å². The molecule has 0 atom stereocenters. The van der Waals surface area contributed by atoms with Gasteiger partial charge < -0.3 is 15.0 Å². The summed E-state index contributed by atoms with van der Waals surface area (Å²) in [6.45, 7) is 2.05. The highest BCUT2D eigenvalue weighted by molar-refractivity contribution is 9.10. The van der Waals surface area contributed by atoms with Crippen LogP contribution in [-0.2, 0) is 16.1 Å². The van der Waals surface area contributed by atoms with Gasteiger partial charge in [-0.25, -0.2) is 23.3 Å². The summed E-state index contributed by atoms with van der Waals surface area (Å²) in [5.41, 5.74) is -0.0870. The molecule has 28 heavy (non-hydrogen) atoms. The van der Waals surface area contributed by atoms with E-state index in [1.54, 1.807) is 6.07 Å². The highest BCUT2D eigenvalue weighted by atomic mass is 79.9. The van der Waals surface area contributed by atoms with Crippen LogP contribution in [-0.4, -0.2) is 51.4 Å². The Morgan fingerprint density at radius 3 is 2.86 bits per heavy atom. The molecule has 0 bridgehead atoms. The van der Waals surface area contributed by atoms with Crippen LogP contribution in [0.4, 0.5) is 15.9 Å². The van der Waals surface area contributed by atoms with Crippen molar-refractivity contribution < 1.29 is 13.9 Å². The molecule has 1 saturated heterocycles. The number of nitrogens with zero attached hydrogens (tertiary/aromatic N) is 5. The largest absolute Gasteiger partial charge is 0.378 e. The van der Waals surface area contributed by atoms with Crippen LogP contribution < -0.4 is 15.9 Å². The van der Waals surface area contributed by atoms with Crippen molar-refractivity contribution in [2.75, 3.05) is 36.5 Å². The van der Waals surface area contributed by atoms with Gasteiger partial charge in [0.25, 0.3) is 0 Å². The van der Waals surface area contributed by atoms with Gasteiger partial charge in [0.1, 0.15) is 12.4 Å². The van der Waals surface area contributed by atoms with Crippen LogP contribution in [0.25, 0.3) is 5.65 Å². The monoisotopic (exact) mass is 450 g/mol. The van der Waals surface area contributed by atoms with Gasteiger partial charge in [0.05, 0.1) is 18.9 Å². The summed E-state index contributed by atoms with van der Waals surface area (Å²) in [7, 11) is 0. The number of morpholine rings is 1. The van der Waals surface area contributed by atoms with Gasteiger partial charge in [0.15, 0.2) is 5.82 Å². The summed E-state index contributed by atoms with van der Waals surface area (Å²) in [5, 5.41) is 6.71. The second-order valence-corrected chi connectivity index (χ2v) is 7.07. The lowest BCUT2D eigenvalue weighted by Gasteiger charge is -2.27. The minimum atomic E-state index is -0.580. The molecule has 2 aromatic heterocycles. The first-order valence-corrected chi connectivity index (χ1v) is 9.34. The third kappa shape index (κ3) is 3.62.